The van der Waals surface area contributed by atoms with Gasteiger partial charge in [-0.1, -0.05) is 82.5 Å². The van der Waals surface area contributed by atoms with Gasteiger partial charge in [-0.15, -0.1) is 0 Å². The fourth-order valence-electron chi connectivity index (χ4n) is 14.3. The Morgan fingerprint density at radius 2 is 1.44 bits per heavy atom. The van der Waals surface area contributed by atoms with E-state index in [1.807, 2.05) is 0 Å². The van der Waals surface area contributed by atoms with Gasteiger partial charge in [0, 0.05) is 39.3 Å². The molecule has 0 N–H and O–H groups in total. The lowest BCUT2D eigenvalue weighted by molar-refractivity contribution is 0.190. The Labute approximate surface area is 287 Å². The van der Waals surface area contributed by atoms with E-state index >= 15 is 0 Å². The van der Waals surface area contributed by atoms with Crippen molar-refractivity contribution in [1.82, 2.24) is 0 Å². The molecule has 4 heterocycles. The molecule has 2 nitrogen and oxygen atoms in total. The van der Waals surface area contributed by atoms with E-state index in [1.54, 1.807) is 38.8 Å². The summed E-state index contributed by atoms with van der Waals surface area (Å²) in [6.45, 7) is 10.7. The van der Waals surface area contributed by atoms with Gasteiger partial charge in [0.15, 0.2) is 0 Å². The van der Waals surface area contributed by atoms with E-state index in [2.05, 4.69) is 110 Å². The minimum absolute atomic E-state index is 0.0665. The Morgan fingerprint density at radius 3 is 2.25 bits per heavy atom. The molecule has 3 heteroatoms. The van der Waals surface area contributed by atoms with Crippen molar-refractivity contribution in [2.24, 2.45) is 17.8 Å². The maximum absolute atomic E-state index is 3.00. The van der Waals surface area contributed by atoms with Gasteiger partial charge >= 0.3 is 0 Å². The third-order valence-electron chi connectivity index (χ3n) is 16.4. The highest BCUT2D eigenvalue weighted by atomic mass is 15.3. The van der Waals surface area contributed by atoms with Gasteiger partial charge in [0.1, 0.15) is 0 Å². The number of nitrogens with zero attached hydrogens (tertiary/aromatic N) is 2. The maximum Gasteiger partial charge on any atom is 0.252 e. The summed E-state index contributed by atoms with van der Waals surface area (Å²) in [5, 5.41) is 0. The number of rotatable bonds is 2. The fraction of sp³-hybridized carbons (Fsp3) is 0.467. The summed E-state index contributed by atoms with van der Waals surface area (Å²) in [5.41, 5.74) is 19.3. The Bertz CT molecular complexity index is 2120. The van der Waals surface area contributed by atoms with Crippen LogP contribution in [0.25, 0.3) is 0 Å². The molecule has 0 amide bonds. The third kappa shape index (κ3) is 2.78. The topological polar surface area (TPSA) is 6.48 Å². The molecule has 8 aliphatic rings. The molecule has 240 valence electrons. The molecule has 12 rings (SSSR count). The van der Waals surface area contributed by atoms with Gasteiger partial charge in [-0.3, -0.25) is 0 Å². The van der Waals surface area contributed by atoms with Crippen molar-refractivity contribution in [3.05, 3.63) is 95.1 Å². The first kappa shape index (κ1) is 27.4. The average Bonchev–Trinajstić information content (AvgIpc) is 3.68. The molecular weight excluding hydrogens is 579 g/mol. The molecule has 0 aromatic heterocycles. The van der Waals surface area contributed by atoms with Crippen LogP contribution in [-0.4, -0.2) is 12.3 Å². The minimum Gasteiger partial charge on any atom is -0.335 e. The molecule has 6 atom stereocenters. The highest BCUT2D eigenvalue weighted by Crippen LogP contribution is 2.70. The second-order valence-electron chi connectivity index (χ2n) is 18.4. The third-order valence-corrected chi connectivity index (χ3v) is 16.4. The second-order valence-corrected chi connectivity index (χ2v) is 18.4. The normalized spacial score (nSPS) is 34.8. The fourth-order valence-corrected chi connectivity index (χ4v) is 14.3. The van der Waals surface area contributed by atoms with Crippen molar-refractivity contribution in [3.63, 3.8) is 0 Å². The van der Waals surface area contributed by atoms with Crippen molar-refractivity contribution in [1.29, 1.82) is 0 Å². The summed E-state index contributed by atoms with van der Waals surface area (Å²) in [5.74, 6) is 2.73. The number of anilines is 5. The van der Waals surface area contributed by atoms with Crippen LogP contribution in [0.4, 0.5) is 28.4 Å². The molecule has 0 radical (unpaired) electrons. The van der Waals surface area contributed by atoms with E-state index in [-0.39, 0.29) is 23.1 Å². The van der Waals surface area contributed by atoms with E-state index in [0.29, 0.717) is 5.41 Å². The Balaban J connectivity index is 1.28. The van der Waals surface area contributed by atoms with E-state index in [1.165, 1.54) is 92.5 Å². The predicted octanol–water partition coefficient (Wildman–Crippen LogP) is 9.15. The summed E-state index contributed by atoms with van der Waals surface area (Å²) in [4.78, 5) is 5.72. The van der Waals surface area contributed by atoms with E-state index < -0.39 is 0 Å². The van der Waals surface area contributed by atoms with Gasteiger partial charge in [0.25, 0.3) is 6.71 Å². The summed E-state index contributed by atoms with van der Waals surface area (Å²) >= 11 is 0. The first-order chi connectivity index (χ1) is 23.3. The zero-order valence-electron chi connectivity index (χ0n) is 29.2. The van der Waals surface area contributed by atoms with Gasteiger partial charge < -0.3 is 9.80 Å². The summed E-state index contributed by atoms with van der Waals surface area (Å²) in [6, 6.07) is 28.9. The van der Waals surface area contributed by atoms with Crippen LogP contribution in [0.5, 0.6) is 0 Å². The number of hydrogen-bond donors (Lipinski definition) is 0. The van der Waals surface area contributed by atoms with E-state index in [4.69, 9.17) is 0 Å². The maximum atomic E-state index is 3.00. The molecule has 4 aliphatic heterocycles. The minimum atomic E-state index is -0.0665. The molecule has 2 bridgehead atoms. The molecule has 4 aromatic carbocycles. The molecule has 4 fully saturated rings. The van der Waals surface area contributed by atoms with Crippen LogP contribution in [0.3, 0.4) is 0 Å². The average molecular weight is 627 g/mol. The van der Waals surface area contributed by atoms with Gasteiger partial charge in [0.2, 0.25) is 0 Å². The molecule has 4 saturated carbocycles. The van der Waals surface area contributed by atoms with Gasteiger partial charge in [-0.05, 0) is 144 Å². The first-order valence-electron chi connectivity index (χ1n) is 19.4. The number of benzene rings is 4. The lowest BCUT2D eigenvalue weighted by Gasteiger charge is -2.54. The zero-order valence-corrected chi connectivity index (χ0v) is 29.2. The highest BCUT2D eigenvalue weighted by Gasteiger charge is 2.67. The van der Waals surface area contributed by atoms with Gasteiger partial charge in [-0.2, -0.15) is 0 Å². The molecule has 48 heavy (non-hydrogen) atoms. The number of fused-ring (bicyclic) bond motifs is 5. The van der Waals surface area contributed by atoms with Crippen LogP contribution < -0.4 is 26.2 Å². The molecular formula is C45H47BN2. The SMILES string of the molecule is CC1(C)c2cccc3c2B2c4c(cccc41)N1c4c2c(cc(C25CCC6CCC(CC62)C5)c4C2(C)CCCCC12C)N3c1ccccc1. The van der Waals surface area contributed by atoms with Crippen LogP contribution in [-0.2, 0) is 16.2 Å². The van der Waals surface area contributed by atoms with Crippen molar-refractivity contribution in [2.45, 2.75) is 114 Å². The molecule has 4 aromatic rings. The monoisotopic (exact) mass is 626 g/mol. The summed E-state index contributed by atoms with van der Waals surface area (Å²) in [6.07, 6.45) is 14.0. The van der Waals surface area contributed by atoms with Crippen LogP contribution in [0.2, 0.25) is 0 Å². The smallest absolute Gasteiger partial charge is 0.252 e. The second kappa shape index (κ2) is 8.46. The van der Waals surface area contributed by atoms with Crippen LogP contribution >= 0.6 is 0 Å². The molecule has 6 unspecified atom stereocenters. The standard InChI is InChI=1S/C45H47BN2/c1-42(2)30-14-10-16-34-38(30)46-39-31(42)15-11-17-35(39)48-41-37(43(3)21-8-9-22-44(43,48)4)33(45-23-20-28-19-18-27(26-45)24-32(28)45)25-36(40(41)46)47(34)29-12-6-5-7-13-29/h5-7,10-17,25,27-28,32H,8-9,18-24,26H2,1-4H3. The lowest BCUT2D eigenvalue weighted by Crippen LogP contribution is -2.68. The zero-order chi connectivity index (χ0) is 31.9. The summed E-state index contributed by atoms with van der Waals surface area (Å²) < 4.78 is 0. The molecule has 4 aliphatic carbocycles. The number of para-hydroxylation sites is 1. The summed E-state index contributed by atoms with van der Waals surface area (Å²) in [7, 11) is 0. The van der Waals surface area contributed by atoms with Gasteiger partial charge in [0.05, 0.1) is 5.54 Å². The number of hydrogen-bond acceptors (Lipinski definition) is 2. The quantitative estimate of drug-likeness (QED) is 0.180. The van der Waals surface area contributed by atoms with Crippen LogP contribution in [0.15, 0.2) is 72.8 Å². The molecule has 0 saturated heterocycles. The Kier molecular flexibility index (Phi) is 4.82. The van der Waals surface area contributed by atoms with Crippen molar-refractivity contribution in [3.8, 4) is 0 Å². The lowest BCUT2D eigenvalue weighted by atomic mass is 9.28. The van der Waals surface area contributed by atoms with Gasteiger partial charge in [-0.25, -0.2) is 0 Å². The van der Waals surface area contributed by atoms with Crippen molar-refractivity contribution >= 4 is 51.5 Å². The first-order valence-corrected chi connectivity index (χ1v) is 19.4. The van der Waals surface area contributed by atoms with Crippen LogP contribution in [0, 0.1) is 17.8 Å². The van der Waals surface area contributed by atoms with E-state index in [0.717, 1.165) is 17.8 Å². The molecule has 0 spiro atoms. The van der Waals surface area contributed by atoms with E-state index in [9.17, 15) is 0 Å². The van der Waals surface area contributed by atoms with Crippen molar-refractivity contribution in [2.75, 3.05) is 9.80 Å². The predicted molar refractivity (Wildman–Crippen MR) is 201 cm³/mol. The largest absolute Gasteiger partial charge is 0.335 e. The Hall–Kier alpha value is -3.46. The highest BCUT2D eigenvalue weighted by molar-refractivity contribution is 7.01. The Morgan fingerprint density at radius 1 is 0.688 bits per heavy atom. The van der Waals surface area contributed by atoms with Crippen LogP contribution in [0.1, 0.15) is 114 Å². The van der Waals surface area contributed by atoms with Crippen molar-refractivity contribution < 1.29 is 0 Å².